The Hall–Kier alpha value is 0.137. The normalized spacial score (nSPS) is 12.0. The summed E-state index contributed by atoms with van der Waals surface area (Å²) in [5.74, 6) is 0. The maximum Gasteiger partial charge on any atom is 0.144 e. The van der Waals surface area contributed by atoms with E-state index >= 15 is 0 Å². The highest BCUT2D eigenvalue weighted by Crippen LogP contribution is 2.15. The van der Waals surface area contributed by atoms with E-state index in [2.05, 4.69) is 17.2 Å². The fourth-order valence-electron chi connectivity index (χ4n) is 0.981. The Morgan fingerprint density at radius 1 is 1.09 bits per heavy atom. The minimum atomic E-state index is -0.543. The monoisotopic (exact) mass is 173 g/mol. The molecular formula is C8H17O2Si. The predicted octanol–water partition coefficient (Wildman–Crippen LogP) is 1.68. The molecule has 0 amide bonds. The largest absolute Gasteiger partial charge is 0.355 e. The molecule has 3 heteroatoms. The lowest BCUT2D eigenvalue weighted by Gasteiger charge is -2.28. The van der Waals surface area contributed by atoms with Gasteiger partial charge in [0.05, 0.1) is 0 Å². The lowest BCUT2D eigenvalue weighted by Crippen LogP contribution is -2.36. The van der Waals surface area contributed by atoms with Crippen molar-refractivity contribution in [2.24, 2.45) is 0 Å². The topological polar surface area (TPSA) is 18.5 Å². The van der Waals surface area contributed by atoms with E-state index in [1.54, 1.807) is 0 Å². The van der Waals surface area contributed by atoms with E-state index in [-0.39, 0.29) is 0 Å². The predicted molar refractivity (Wildman–Crippen MR) is 46.6 cm³/mol. The van der Waals surface area contributed by atoms with Gasteiger partial charge in [0.25, 0.3) is 0 Å². The van der Waals surface area contributed by atoms with Gasteiger partial charge in [-0.1, -0.05) is 13.3 Å². The standard InChI is InChI=1S/C8H17O2Si/c1-4-7-8(11,9-5-2)10-6-3/h4-7H2,1-3H3. The maximum atomic E-state index is 5.40. The molecule has 0 aromatic heterocycles. The molecule has 0 fully saturated rings. The third-order valence-electron chi connectivity index (χ3n) is 1.33. The summed E-state index contributed by atoms with van der Waals surface area (Å²) in [4.78, 5) is 0. The van der Waals surface area contributed by atoms with Crippen molar-refractivity contribution in [1.82, 2.24) is 0 Å². The molecule has 0 aromatic carbocycles. The molecule has 2 nitrogen and oxygen atoms in total. The zero-order chi connectivity index (χ0) is 8.74. The van der Waals surface area contributed by atoms with E-state index in [1.807, 2.05) is 13.8 Å². The van der Waals surface area contributed by atoms with Gasteiger partial charge in [-0.25, -0.2) is 0 Å². The van der Waals surface area contributed by atoms with Crippen molar-refractivity contribution >= 4 is 10.2 Å². The summed E-state index contributed by atoms with van der Waals surface area (Å²) in [7, 11) is 3.47. The molecule has 0 heterocycles. The SMILES string of the molecule is CCCC([Si])(OCC)OCC. The van der Waals surface area contributed by atoms with Crippen LogP contribution in [0.3, 0.4) is 0 Å². The average molecular weight is 173 g/mol. The first kappa shape index (κ1) is 11.1. The minimum Gasteiger partial charge on any atom is -0.355 e. The smallest absolute Gasteiger partial charge is 0.144 e. The zero-order valence-corrected chi connectivity index (χ0v) is 8.64. The molecule has 0 atom stereocenters. The van der Waals surface area contributed by atoms with E-state index in [0.29, 0.717) is 13.2 Å². The van der Waals surface area contributed by atoms with Crippen molar-refractivity contribution in [3.05, 3.63) is 0 Å². The van der Waals surface area contributed by atoms with E-state index in [4.69, 9.17) is 9.47 Å². The summed E-state index contributed by atoms with van der Waals surface area (Å²) in [5.41, 5.74) is -0.543. The molecular weight excluding hydrogens is 156 g/mol. The van der Waals surface area contributed by atoms with Gasteiger partial charge in [0, 0.05) is 13.2 Å². The summed E-state index contributed by atoms with van der Waals surface area (Å²) in [6.07, 6.45) is 1.93. The number of ether oxygens (including phenoxy) is 2. The first-order valence-electron chi connectivity index (χ1n) is 4.21. The van der Waals surface area contributed by atoms with Crippen LogP contribution in [0.1, 0.15) is 33.6 Å². The van der Waals surface area contributed by atoms with Crippen molar-refractivity contribution in [3.8, 4) is 0 Å². The molecule has 0 saturated heterocycles. The van der Waals surface area contributed by atoms with Gasteiger partial charge < -0.3 is 9.47 Å². The lowest BCUT2D eigenvalue weighted by molar-refractivity contribution is -0.176. The van der Waals surface area contributed by atoms with Crippen LogP contribution < -0.4 is 0 Å². The molecule has 0 bridgehead atoms. The minimum absolute atomic E-state index is 0.543. The molecule has 0 rings (SSSR count). The third-order valence-corrected chi connectivity index (χ3v) is 1.87. The number of hydrogen-bond acceptors (Lipinski definition) is 2. The van der Waals surface area contributed by atoms with Gasteiger partial charge in [0.15, 0.2) is 0 Å². The van der Waals surface area contributed by atoms with Crippen LogP contribution in [0, 0.1) is 0 Å². The van der Waals surface area contributed by atoms with E-state index in [0.717, 1.165) is 12.8 Å². The summed E-state index contributed by atoms with van der Waals surface area (Å²) < 4.78 is 10.8. The molecule has 0 unspecified atom stereocenters. The van der Waals surface area contributed by atoms with Gasteiger partial charge in [-0.2, -0.15) is 0 Å². The second-order valence-electron chi connectivity index (χ2n) is 2.37. The molecule has 11 heavy (non-hydrogen) atoms. The van der Waals surface area contributed by atoms with Crippen LogP contribution in [-0.2, 0) is 9.47 Å². The highest BCUT2D eigenvalue weighted by Gasteiger charge is 2.22. The fraction of sp³-hybridized carbons (Fsp3) is 1.00. The van der Waals surface area contributed by atoms with Crippen molar-refractivity contribution in [2.75, 3.05) is 13.2 Å². The maximum absolute atomic E-state index is 5.40. The molecule has 0 spiro atoms. The van der Waals surface area contributed by atoms with Gasteiger partial charge in [0.2, 0.25) is 0 Å². The number of rotatable bonds is 6. The van der Waals surface area contributed by atoms with Gasteiger partial charge in [-0.05, 0) is 20.3 Å². The Labute approximate surface area is 72.7 Å². The Kier molecular flexibility index (Phi) is 5.82. The Morgan fingerprint density at radius 2 is 1.55 bits per heavy atom. The molecule has 0 saturated carbocycles. The van der Waals surface area contributed by atoms with Crippen molar-refractivity contribution in [3.63, 3.8) is 0 Å². The molecule has 0 aliphatic carbocycles. The van der Waals surface area contributed by atoms with Crippen LogP contribution in [0.4, 0.5) is 0 Å². The molecule has 0 aliphatic rings. The lowest BCUT2D eigenvalue weighted by atomic mass is 10.3. The number of hydrogen-bond donors (Lipinski definition) is 0. The Balaban J connectivity index is 3.79. The van der Waals surface area contributed by atoms with E-state index in [9.17, 15) is 0 Å². The van der Waals surface area contributed by atoms with E-state index in [1.165, 1.54) is 0 Å². The first-order chi connectivity index (χ1) is 5.18. The average Bonchev–Trinajstić information content (AvgIpc) is 1.88. The molecule has 0 aliphatic heterocycles. The van der Waals surface area contributed by atoms with Gasteiger partial charge in [-0.3, -0.25) is 0 Å². The molecule has 0 N–H and O–H groups in total. The first-order valence-corrected chi connectivity index (χ1v) is 4.71. The fourth-order valence-corrected chi connectivity index (χ4v) is 1.52. The van der Waals surface area contributed by atoms with Crippen LogP contribution in [0.15, 0.2) is 0 Å². The van der Waals surface area contributed by atoms with Gasteiger partial charge >= 0.3 is 0 Å². The summed E-state index contributed by atoms with van der Waals surface area (Å²) in [6, 6.07) is 0. The molecule has 65 valence electrons. The van der Waals surface area contributed by atoms with Crippen molar-refractivity contribution in [1.29, 1.82) is 0 Å². The summed E-state index contributed by atoms with van der Waals surface area (Å²) >= 11 is 0. The van der Waals surface area contributed by atoms with Crippen molar-refractivity contribution in [2.45, 2.75) is 39.0 Å². The second-order valence-corrected chi connectivity index (χ2v) is 3.13. The highest BCUT2D eigenvalue weighted by molar-refractivity contribution is 6.13. The third kappa shape index (κ3) is 4.56. The van der Waals surface area contributed by atoms with E-state index < -0.39 is 5.41 Å². The quantitative estimate of drug-likeness (QED) is 0.449. The zero-order valence-electron chi connectivity index (χ0n) is 7.64. The highest BCUT2D eigenvalue weighted by atomic mass is 28.1. The van der Waals surface area contributed by atoms with Gasteiger partial charge in [0.1, 0.15) is 15.7 Å². The van der Waals surface area contributed by atoms with Gasteiger partial charge in [-0.15, -0.1) is 0 Å². The van der Waals surface area contributed by atoms with Crippen LogP contribution >= 0.6 is 0 Å². The second kappa shape index (κ2) is 5.74. The van der Waals surface area contributed by atoms with Crippen molar-refractivity contribution < 1.29 is 9.47 Å². The Bertz CT molecular complexity index is 79.1. The van der Waals surface area contributed by atoms with Crippen LogP contribution in [0.2, 0.25) is 0 Å². The van der Waals surface area contributed by atoms with Crippen LogP contribution in [0.5, 0.6) is 0 Å². The Morgan fingerprint density at radius 3 is 1.82 bits per heavy atom. The molecule has 0 aromatic rings. The van der Waals surface area contributed by atoms with Crippen LogP contribution in [-0.4, -0.2) is 28.9 Å². The molecule has 3 radical (unpaired) electrons. The summed E-state index contributed by atoms with van der Waals surface area (Å²) in [6.45, 7) is 7.37. The summed E-state index contributed by atoms with van der Waals surface area (Å²) in [5, 5.41) is 0. The van der Waals surface area contributed by atoms with Crippen LogP contribution in [0.25, 0.3) is 0 Å².